The maximum Gasteiger partial charge on any atom is 0.376 e. The van der Waals surface area contributed by atoms with E-state index in [2.05, 4.69) is 0 Å². The number of carbonyl (C=O) groups is 1. The van der Waals surface area contributed by atoms with Gasteiger partial charge in [-0.25, -0.2) is 9.18 Å². The Hall–Kier alpha value is -2.82. The van der Waals surface area contributed by atoms with Crippen molar-refractivity contribution in [3.05, 3.63) is 66.4 Å². The number of furan rings is 1. The first-order valence-electron chi connectivity index (χ1n) is 6.31. The average molecular weight is 285 g/mol. The van der Waals surface area contributed by atoms with Gasteiger partial charge >= 0.3 is 5.97 Å². The van der Waals surface area contributed by atoms with Gasteiger partial charge in [-0.2, -0.15) is 0 Å². The number of hydrogen-bond acceptors (Lipinski definition) is 3. The summed E-state index contributed by atoms with van der Waals surface area (Å²) in [5, 5.41) is 0. The summed E-state index contributed by atoms with van der Waals surface area (Å²) >= 11 is 0. The van der Waals surface area contributed by atoms with E-state index < -0.39 is 11.8 Å². The van der Waals surface area contributed by atoms with Crippen molar-refractivity contribution in [3.8, 4) is 17.0 Å². The maximum absolute atomic E-state index is 13.9. The number of rotatable bonds is 3. The van der Waals surface area contributed by atoms with Crippen LogP contribution in [0.5, 0.6) is 0 Å². The van der Waals surface area contributed by atoms with E-state index in [0.717, 1.165) is 0 Å². The molecule has 0 bridgehead atoms. The normalized spacial score (nSPS) is 10.6. The largest absolute Gasteiger partial charge is 0.463 e. The van der Waals surface area contributed by atoms with E-state index in [0.29, 0.717) is 11.3 Å². The average Bonchev–Trinajstić information content (AvgIpc) is 3.15. The highest BCUT2D eigenvalue weighted by Crippen LogP contribution is 2.30. The fraction of sp³-hybridized carbons (Fsp3) is 0.0625. The van der Waals surface area contributed by atoms with Crippen LogP contribution in [0.25, 0.3) is 17.0 Å². The van der Waals surface area contributed by atoms with Crippen molar-refractivity contribution in [1.82, 2.24) is 4.57 Å². The Labute approximate surface area is 120 Å². The highest BCUT2D eigenvalue weighted by molar-refractivity contribution is 5.91. The molecular formula is C16H12FNO3. The number of benzene rings is 1. The smallest absolute Gasteiger partial charge is 0.376 e. The molecule has 3 aromatic rings. The van der Waals surface area contributed by atoms with Gasteiger partial charge in [-0.1, -0.05) is 12.1 Å². The predicted octanol–water partition coefficient (Wildman–Crippen LogP) is 3.66. The summed E-state index contributed by atoms with van der Waals surface area (Å²) in [5.41, 5.74) is 0.797. The molecule has 106 valence electrons. The van der Waals surface area contributed by atoms with E-state index in [1.54, 1.807) is 41.2 Å². The summed E-state index contributed by atoms with van der Waals surface area (Å²) in [6, 6.07) is 11.5. The predicted molar refractivity (Wildman–Crippen MR) is 74.8 cm³/mol. The molecule has 3 rings (SSSR count). The van der Waals surface area contributed by atoms with Crippen molar-refractivity contribution in [3.63, 3.8) is 0 Å². The van der Waals surface area contributed by atoms with Crippen molar-refractivity contribution in [2.45, 2.75) is 0 Å². The number of hydrogen-bond donors (Lipinski definition) is 0. The Morgan fingerprint density at radius 2 is 1.90 bits per heavy atom. The fourth-order valence-electron chi connectivity index (χ4n) is 2.10. The summed E-state index contributed by atoms with van der Waals surface area (Å²) in [5.74, 6) is -0.716. The van der Waals surface area contributed by atoms with Crippen molar-refractivity contribution in [2.75, 3.05) is 7.11 Å². The molecule has 0 saturated carbocycles. The molecule has 0 fully saturated rings. The molecule has 0 atom stereocenters. The molecule has 0 aliphatic rings. The Kier molecular flexibility index (Phi) is 3.31. The summed E-state index contributed by atoms with van der Waals surface area (Å²) in [6.07, 6.45) is 3.53. The van der Waals surface area contributed by atoms with E-state index in [4.69, 9.17) is 9.15 Å². The second kappa shape index (κ2) is 5.28. The van der Waals surface area contributed by atoms with Crippen LogP contribution < -0.4 is 0 Å². The molecule has 0 spiro atoms. The third kappa shape index (κ3) is 2.33. The van der Waals surface area contributed by atoms with Gasteiger partial charge in [0.15, 0.2) is 0 Å². The van der Waals surface area contributed by atoms with Crippen molar-refractivity contribution < 1.29 is 18.3 Å². The Bertz CT molecular complexity index is 775. The van der Waals surface area contributed by atoms with Crippen molar-refractivity contribution in [1.29, 1.82) is 0 Å². The molecular weight excluding hydrogens is 273 g/mol. The lowest BCUT2D eigenvalue weighted by Crippen LogP contribution is -2.03. The standard InChI is InChI=1S/C16H12FNO3/c1-20-16(19)15-13(18-8-4-5-9-18)10-14(21-15)11-6-2-3-7-12(11)17/h2-10H,1H3. The van der Waals surface area contributed by atoms with E-state index in [1.165, 1.54) is 13.2 Å². The third-order valence-corrected chi connectivity index (χ3v) is 3.11. The molecule has 5 heteroatoms. The Morgan fingerprint density at radius 3 is 2.57 bits per heavy atom. The summed E-state index contributed by atoms with van der Waals surface area (Å²) < 4.78 is 25.8. The van der Waals surface area contributed by atoms with Crippen LogP contribution in [0.2, 0.25) is 0 Å². The molecule has 0 aliphatic heterocycles. The minimum atomic E-state index is -0.610. The second-order valence-corrected chi connectivity index (χ2v) is 4.39. The first kappa shape index (κ1) is 13.2. The number of ether oxygens (including phenoxy) is 1. The quantitative estimate of drug-likeness (QED) is 0.690. The Balaban J connectivity index is 2.17. The lowest BCUT2D eigenvalue weighted by atomic mass is 10.1. The van der Waals surface area contributed by atoms with Crippen LogP contribution in [0.4, 0.5) is 4.39 Å². The van der Waals surface area contributed by atoms with Gasteiger partial charge in [0.05, 0.1) is 18.4 Å². The molecule has 2 heterocycles. The monoisotopic (exact) mass is 285 g/mol. The molecule has 0 unspecified atom stereocenters. The van der Waals surface area contributed by atoms with Gasteiger partial charge in [-0.15, -0.1) is 0 Å². The molecule has 0 amide bonds. The van der Waals surface area contributed by atoms with Gasteiger partial charge in [0, 0.05) is 18.5 Å². The zero-order chi connectivity index (χ0) is 14.8. The lowest BCUT2D eigenvalue weighted by Gasteiger charge is -2.01. The van der Waals surface area contributed by atoms with Crippen LogP contribution in [-0.2, 0) is 4.74 Å². The summed E-state index contributed by atoms with van der Waals surface area (Å²) in [7, 11) is 1.27. The van der Waals surface area contributed by atoms with Crippen LogP contribution >= 0.6 is 0 Å². The Morgan fingerprint density at radius 1 is 1.19 bits per heavy atom. The number of esters is 1. The molecule has 21 heavy (non-hydrogen) atoms. The van der Waals surface area contributed by atoms with Crippen LogP contribution in [0, 0.1) is 5.82 Å². The number of aromatic nitrogens is 1. The minimum Gasteiger partial charge on any atom is -0.463 e. The SMILES string of the molecule is COC(=O)c1oc(-c2ccccc2F)cc1-n1cccc1. The molecule has 0 aliphatic carbocycles. The molecule has 0 radical (unpaired) electrons. The van der Waals surface area contributed by atoms with E-state index in [1.807, 2.05) is 12.1 Å². The minimum absolute atomic E-state index is 0.0342. The highest BCUT2D eigenvalue weighted by Gasteiger charge is 2.22. The topological polar surface area (TPSA) is 44.4 Å². The number of nitrogens with zero attached hydrogens (tertiary/aromatic N) is 1. The number of halogens is 1. The van der Waals surface area contributed by atoms with Gasteiger partial charge in [0.25, 0.3) is 0 Å². The molecule has 2 aromatic heterocycles. The van der Waals surface area contributed by atoms with Crippen LogP contribution in [0.1, 0.15) is 10.6 Å². The molecule has 4 nitrogen and oxygen atoms in total. The zero-order valence-corrected chi connectivity index (χ0v) is 11.2. The van der Waals surface area contributed by atoms with Crippen LogP contribution in [0.3, 0.4) is 0 Å². The maximum atomic E-state index is 13.9. The van der Waals surface area contributed by atoms with E-state index in [9.17, 15) is 9.18 Å². The lowest BCUT2D eigenvalue weighted by molar-refractivity contribution is 0.0566. The van der Waals surface area contributed by atoms with E-state index >= 15 is 0 Å². The van der Waals surface area contributed by atoms with Crippen LogP contribution in [0.15, 0.2) is 59.3 Å². The fourth-order valence-corrected chi connectivity index (χ4v) is 2.10. The molecule has 0 saturated heterocycles. The molecule has 1 aromatic carbocycles. The van der Waals surface area contributed by atoms with Gasteiger partial charge in [0.2, 0.25) is 5.76 Å². The number of methoxy groups -OCH3 is 1. The van der Waals surface area contributed by atoms with Gasteiger partial charge in [-0.05, 0) is 24.3 Å². The van der Waals surface area contributed by atoms with Gasteiger partial charge in [0.1, 0.15) is 11.6 Å². The van der Waals surface area contributed by atoms with Crippen molar-refractivity contribution >= 4 is 5.97 Å². The zero-order valence-electron chi connectivity index (χ0n) is 11.2. The highest BCUT2D eigenvalue weighted by atomic mass is 19.1. The van der Waals surface area contributed by atoms with Crippen molar-refractivity contribution in [2.24, 2.45) is 0 Å². The third-order valence-electron chi connectivity index (χ3n) is 3.11. The van der Waals surface area contributed by atoms with Gasteiger partial charge in [-0.3, -0.25) is 0 Å². The first-order valence-corrected chi connectivity index (χ1v) is 6.31. The number of carbonyl (C=O) groups excluding carboxylic acids is 1. The summed E-state index contributed by atoms with van der Waals surface area (Å²) in [4.78, 5) is 11.8. The first-order chi connectivity index (χ1) is 10.2. The summed E-state index contributed by atoms with van der Waals surface area (Å²) in [6.45, 7) is 0. The second-order valence-electron chi connectivity index (χ2n) is 4.39. The van der Waals surface area contributed by atoms with Crippen LogP contribution in [-0.4, -0.2) is 17.6 Å². The van der Waals surface area contributed by atoms with Gasteiger partial charge < -0.3 is 13.7 Å². The van der Waals surface area contributed by atoms with E-state index in [-0.39, 0.29) is 11.5 Å². The molecule has 0 N–H and O–H groups in total.